The third kappa shape index (κ3) is 4.77. The minimum absolute atomic E-state index is 0.139. The topological polar surface area (TPSA) is 46.5 Å². The molecular weight excluding hydrogens is 331 g/mol. The molecule has 0 aliphatic carbocycles. The molecule has 0 saturated heterocycles. The minimum Gasteiger partial charge on any atom is -0.459 e. The van der Waals surface area contributed by atoms with Gasteiger partial charge in [0.1, 0.15) is 12.4 Å². The van der Waals surface area contributed by atoms with Crippen LogP contribution in [0, 0.1) is 5.82 Å². The summed E-state index contributed by atoms with van der Waals surface area (Å²) in [5, 5.41) is 10.0. The van der Waals surface area contributed by atoms with Gasteiger partial charge in [-0.3, -0.25) is 0 Å². The van der Waals surface area contributed by atoms with Gasteiger partial charge in [0.15, 0.2) is 6.10 Å². The van der Waals surface area contributed by atoms with Gasteiger partial charge < -0.3 is 9.84 Å². The molecule has 4 heteroatoms. The van der Waals surface area contributed by atoms with Gasteiger partial charge in [0.2, 0.25) is 0 Å². The van der Waals surface area contributed by atoms with E-state index in [9.17, 15) is 14.3 Å². The Morgan fingerprint density at radius 3 is 2.04 bits per heavy atom. The molecule has 0 aliphatic rings. The van der Waals surface area contributed by atoms with Gasteiger partial charge >= 0.3 is 5.97 Å². The van der Waals surface area contributed by atoms with Gasteiger partial charge in [-0.2, -0.15) is 0 Å². The number of halogens is 1. The van der Waals surface area contributed by atoms with Gasteiger partial charge in [-0.15, -0.1) is 0 Å². The standard InChI is InChI=1S/C22H19FO3/c23-20-12-10-19(11-13-20)18-8-6-16(7-9-18)14-21(24)22(25)26-15-17-4-2-1-3-5-17/h1-13,21,24H,14-15H2/t21-/m1/s1. The first-order valence-electron chi connectivity index (χ1n) is 8.35. The molecule has 0 radical (unpaired) electrons. The molecule has 26 heavy (non-hydrogen) atoms. The predicted octanol–water partition coefficient (Wildman–Crippen LogP) is 4.14. The van der Waals surface area contributed by atoms with Crippen molar-refractivity contribution < 1.29 is 19.0 Å². The first kappa shape index (κ1) is 17.8. The van der Waals surface area contributed by atoms with Crippen LogP contribution in [-0.2, 0) is 22.6 Å². The molecule has 0 unspecified atom stereocenters. The van der Waals surface area contributed by atoms with Gasteiger partial charge in [-0.05, 0) is 34.4 Å². The van der Waals surface area contributed by atoms with Crippen molar-refractivity contribution in [2.24, 2.45) is 0 Å². The third-order valence-corrected chi connectivity index (χ3v) is 4.06. The maximum absolute atomic E-state index is 13.0. The molecule has 1 N–H and O–H groups in total. The quantitative estimate of drug-likeness (QED) is 0.680. The summed E-state index contributed by atoms with van der Waals surface area (Å²) in [5.41, 5.74) is 3.53. The summed E-state index contributed by atoms with van der Waals surface area (Å²) < 4.78 is 18.1. The van der Waals surface area contributed by atoms with Crippen LogP contribution >= 0.6 is 0 Å². The van der Waals surface area contributed by atoms with Crippen LogP contribution in [0.2, 0.25) is 0 Å². The third-order valence-electron chi connectivity index (χ3n) is 4.06. The second kappa shape index (κ2) is 8.41. The van der Waals surface area contributed by atoms with Crippen molar-refractivity contribution in [1.82, 2.24) is 0 Å². The number of hydrogen-bond acceptors (Lipinski definition) is 3. The molecule has 0 saturated carbocycles. The van der Waals surface area contributed by atoms with Gasteiger partial charge in [-0.25, -0.2) is 9.18 Å². The van der Waals surface area contributed by atoms with Crippen LogP contribution < -0.4 is 0 Å². The van der Waals surface area contributed by atoms with E-state index in [0.717, 1.165) is 22.3 Å². The number of rotatable bonds is 6. The van der Waals surface area contributed by atoms with E-state index in [2.05, 4.69) is 0 Å². The highest BCUT2D eigenvalue weighted by Crippen LogP contribution is 2.20. The summed E-state index contributed by atoms with van der Waals surface area (Å²) in [6.07, 6.45) is -1.03. The zero-order valence-electron chi connectivity index (χ0n) is 14.1. The molecule has 3 nitrogen and oxygen atoms in total. The molecule has 0 aliphatic heterocycles. The van der Waals surface area contributed by atoms with E-state index in [-0.39, 0.29) is 18.8 Å². The lowest BCUT2D eigenvalue weighted by Gasteiger charge is -2.11. The fourth-order valence-electron chi connectivity index (χ4n) is 2.61. The summed E-state index contributed by atoms with van der Waals surface area (Å²) in [5.74, 6) is -0.918. The lowest BCUT2D eigenvalue weighted by atomic mass is 10.0. The SMILES string of the molecule is O=C(OCc1ccccc1)[C@H](O)Cc1ccc(-c2ccc(F)cc2)cc1. The molecule has 0 amide bonds. The highest BCUT2D eigenvalue weighted by molar-refractivity contribution is 5.75. The molecule has 1 atom stereocenters. The van der Waals surface area contributed by atoms with Gasteiger partial charge in [0, 0.05) is 6.42 Å². The Bertz CT molecular complexity index is 843. The Kier molecular flexibility index (Phi) is 5.77. The molecule has 0 bridgehead atoms. The number of carbonyl (C=O) groups excluding carboxylic acids is 1. The van der Waals surface area contributed by atoms with Gasteiger partial charge in [0.25, 0.3) is 0 Å². The van der Waals surface area contributed by atoms with E-state index in [1.807, 2.05) is 54.6 Å². The maximum atomic E-state index is 13.0. The van der Waals surface area contributed by atoms with Crippen molar-refractivity contribution in [2.45, 2.75) is 19.1 Å². The monoisotopic (exact) mass is 350 g/mol. The summed E-state index contributed by atoms with van der Waals surface area (Å²) in [4.78, 5) is 11.9. The second-order valence-corrected chi connectivity index (χ2v) is 6.02. The molecule has 0 heterocycles. The van der Waals surface area contributed by atoms with Crippen molar-refractivity contribution in [3.05, 3.63) is 95.8 Å². The lowest BCUT2D eigenvalue weighted by molar-refractivity contribution is -0.154. The van der Waals surface area contributed by atoms with Crippen molar-refractivity contribution in [3.63, 3.8) is 0 Å². The number of hydrogen-bond donors (Lipinski definition) is 1. The first-order chi connectivity index (χ1) is 12.6. The van der Waals surface area contributed by atoms with Crippen LogP contribution in [0.1, 0.15) is 11.1 Å². The number of aliphatic hydroxyl groups is 1. The van der Waals surface area contributed by atoms with Crippen LogP contribution in [0.4, 0.5) is 4.39 Å². The molecular formula is C22H19FO3. The van der Waals surface area contributed by atoms with Crippen LogP contribution in [0.15, 0.2) is 78.9 Å². The van der Waals surface area contributed by atoms with E-state index < -0.39 is 12.1 Å². The summed E-state index contributed by atoms with van der Waals surface area (Å²) in [6.45, 7) is 0.139. The second-order valence-electron chi connectivity index (χ2n) is 6.02. The van der Waals surface area contributed by atoms with Crippen LogP contribution in [0.3, 0.4) is 0 Å². The lowest BCUT2D eigenvalue weighted by Crippen LogP contribution is -2.25. The van der Waals surface area contributed by atoms with E-state index in [1.165, 1.54) is 12.1 Å². The van der Waals surface area contributed by atoms with Crippen molar-refractivity contribution in [3.8, 4) is 11.1 Å². The molecule has 132 valence electrons. The predicted molar refractivity (Wildman–Crippen MR) is 97.8 cm³/mol. The normalized spacial score (nSPS) is 11.8. The average molecular weight is 350 g/mol. The van der Waals surface area contributed by atoms with Crippen molar-refractivity contribution in [2.75, 3.05) is 0 Å². The molecule has 3 aromatic carbocycles. The van der Waals surface area contributed by atoms with Crippen molar-refractivity contribution in [1.29, 1.82) is 0 Å². The minimum atomic E-state index is -1.21. The summed E-state index contributed by atoms with van der Waals surface area (Å²) in [6, 6.07) is 23.0. The van der Waals surface area contributed by atoms with E-state index >= 15 is 0 Å². The maximum Gasteiger partial charge on any atom is 0.335 e. The van der Waals surface area contributed by atoms with Crippen LogP contribution in [-0.4, -0.2) is 17.2 Å². The number of carbonyl (C=O) groups is 1. The van der Waals surface area contributed by atoms with E-state index in [1.54, 1.807) is 12.1 Å². The Morgan fingerprint density at radius 1 is 0.846 bits per heavy atom. The fraction of sp³-hybridized carbons (Fsp3) is 0.136. The van der Waals surface area contributed by atoms with Crippen LogP contribution in [0.25, 0.3) is 11.1 Å². The van der Waals surface area contributed by atoms with E-state index in [4.69, 9.17) is 4.74 Å². The highest BCUT2D eigenvalue weighted by atomic mass is 19.1. The highest BCUT2D eigenvalue weighted by Gasteiger charge is 2.17. The molecule has 3 aromatic rings. The van der Waals surface area contributed by atoms with Crippen LogP contribution in [0.5, 0.6) is 0 Å². The Morgan fingerprint density at radius 2 is 1.42 bits per heavy atom. The number of ether oxygens (including phenoxy) is 1. The van der Waals surface area contributed by atoms with E-state index in [0.29, 0.717) is 0 Å². The summed E-state index contributed by atoms with van der Waals surface area (Å²) in [7, 11) is 0. The fourth-order valence-corrected chi connectivity index (χ4v) is 2.61. The molecule has 0 spiro atoms. The first-order valence-corrected chi connectivity index (χ1v) is 8.35. The summed E-state index contributed by atoms with van der Waals surface area (Å²) >= 11 is 0. The molecule has 0 aromatic heterocycles. The Balaban J connectivity index is 1.56. The number of aliphatic hydroxyl groups excluding tert-OH is 1. The number of esters is 1. The van der Waals surface area contributed by atoms with Gasteiger partial charge in [-0.1, -0.05) is 66.7 Å². The molecule has 3 rings (SSSR count). The Hall–Kier alpha value is -2.98. The smallest absolute Gasteiger partial charge is 0.335 e. The van der Waals surface area contributed by atoms with Crippen molar-refractivity contribution >= 4 is 5.97 Å². The zero-order chi connectivity index (χ0) is 18.4. The zero-order valence-corrected chi connectivity index (χ0v) is 14.1. The molecule has 0 fully saturated rings. The van der Waals surface area contributed by atoms with Gasteiger partial charge in [0.05, 0.1) is 0 Å². The largest absolute Gasteiger partial charge is 0.459 e. The average Bonchev–Trinajstić information content (AvgIpc) is 2.68. The Labute approximate surface area is 151 Å². The number of benzene rings is 3.